The zero-order valence-electron chi connectivity index (χ0n) is 14.5. The van der Waals surface area contributed by atoms with Crippen LogP contribution in [0.15, 0.2) is 48.8 Å². The van der Waals surface area contributed by atoms with Gasteiger partial charge in [-0.15, -0.1) is 0 Å². The third kappa shape index (κ3) is 4.67. The molecule has 25 heavy (non-hydrogen) atoms. The molecule has 2 saturated carbocycles. The number of carbonyl (C=O) groups excluding carboxylic acids is 1. The summed E-state index contributed by atoms with van der Waals surface area (Å²) in [5.41, 5.74) is 3.39. The Morgan fingerprint density at radius 3 is 2.36 bits per heavy atom. The van der Waals surface area contributed by atoms with Gasteiger partial charge in [0, 0.05) is 43.1 Å². The smallest absolute Gasteiger partial charge is 0.251 e. The van der Waals surface area contributed by atoms with Gasteiger partial charge in [0.1, 0.15) is 0 Å². The van der Waals surface area contributed by atoms with Crippen molar-refractivity contribution in [3.05, 3.63) is 65.5 Å². The third-order valence-corrected chi connectivity index (χ3v) is 5.01. The van der Waals surface area contributed by atoms with E-state index in [1.165, 1.54) is 24.0 Å². The molecule has 1 N–H and O–H groups in total. The number of nitrogens with zero attached hydrogens (tertiary/aromatic N) is 2. The fourth-order valence-corrected chi connectivity index (χ4v) is 3.15. The maximum atomic E-state index is 12.1. The summed E-state index contributed by atoms with van der Waals surface area (Å²) in [6.45, 7) is 2.03. The van der Waals surface area contributed by atoms with E-state index in [1.807, 2.05) is 24.5 Å². The molecule has 2 aliphatic rings. The standard InChI is InChI=1S/C21H25N3O/c25-21(23-19-5-6-19)18-3-1-17(2-4-18)15-24(20-7-8-20)14-11-16-9-12-22-13-10-16/h1-4,9-10,12-13,19-20H,5-8,11,14-15H2,(H,23,25). The van der Waals surface area contributed by atoms with Crippen molar-refractivity contribution in [2.45, 2.75) is 50.7 Å². The molecule has 0 aliphatic heterocycles. The summed E-state index contributed by atoms with van der Waals surface area (Å²) in [7, 11) is 0. The molecule has 1 aromatic heterocycles. The highest BCUT2D eigenvalue weighted by Crippen LogP contribution is 2.28. The van der Waals surface area contributed by atoms with Crippen LogP contribution in [0.4, 0.5) is 0 Å². The van der Waals surface area contributed by atoms with Crippen LogP contribution in [0.2, 0.25) is 0 Å². The number of nitrogens with one attached hydrogen (secondary N) is 1. The van der Waals surface area contributed by atoms with Gasteiger partial charge in [0.05, 0.1) is 0 Å². The van der Waals surface area contributed by atoms with E-state index in [4.69, 9.17) is 0 Å². The number of hydrogen-bond donors (Lipinski definition) is 1. The summed E-state index contributed by atoms with van der Waals surface area (Å²) in [5, 5.41) is 3.04. The highest BCUT2D eigenvalue weighted by Gasteiger charge is 2.28. The van der Waals surface area contributed by atoms with Crippen molar-refractivity contribution in [3.8, 4) is 0 Å². The number of rotatable bonds is 8. The van der Waals surface area contributed by atoms with Gasteiger partial charge >= 0.3 is 0 Å². The monoisotopic (exact) mass is 335 g/mol. The maximum Gasteiger partial charge on any atom is 0.251 e. The third-order valence-electron chi connectivity index (χ3n) is 5.01. The Morgan fingerprint density at radius 1 is 1.00 bits per heavy atom. The number of benzene rings is 1. The first-order valence-electron chi connectivity index (χ1n) is 9.31. The lowest BCUT2D eigenvalue weighted by Crippen LogP contribution is -2.28. The Morgan fingerprint density at radius 2 is 1.72 bits per heavy atom. The van der Waals surface area contributed by atoms with E-state index in [0.717, 1.165) is 44.0 Å². The minimum atomic E-state index is 0.0609. The van der Waals surface area contributed by atoms with Crippen LogP contribution < -0.4 is 5.32 Å². The molecule has 0 atom stereocenters. The Kier molecular flexibility index (Phi) is 4.79. The molecule has 0 radical (unpaired) electrons. The molecular formula is C21H25N3O. The molecule has 4 heteroatoms. The van der Waals surface area contributed by atoms with E-state index in [-0.39, 0.29) is 5.91 Å². The molecule has 0 unspecified atom stereocenters. The fraction of sp³-hybridized carbons (Fsp3) is 0.429. The van der Waals surface area contributed by atoms with Gasteiger partial charge < -0.3 is 5.32 Å². The molecule has 2 fully saturated rings. The molecule has 2 aromatic rings. The highest BCUT2D eigenvalue weighted by molar-refractivity contribution is 5.94. The lowest BCUT2D eigenvalue weighted by atomic mass is 10.1. The zero-order valence-corrected chi connectivity index (χ0v) is 14.5. The van der Waals surface area contributed by atoms with E-state index in [1.54, 1.807) is 0 Å². The largest absolute Gasteiger partial charge is 0.349 e. The predicted molar refractivity (Wildman–Crippen MR) is 98.3 cm³/mol. The Labute approximate surface area is 149 Å². The second-order valence-corrected chi connectivity index (χ2v) is 7.25. The average Bonchev–Trinajstić information content (AvgIpc) is 3.54. The number of amides is 1. The molecule has 0 bridgehead atoms. The molecular weight excluding hydrogens is 310 g/mol. The van der Waals surface area contributed by atoms with Crippen LogP contribution in [0, 0.1) is 0 Å². The highest BCUT2D eigenvalue weighted by atomic mass is 16.1. The van der Waals surface area contributed by atoms with Gasteiger partial charge in [0.15, 0.2) is 0 Å². The van der Waals surface area contributed by atoms with Gasteiger partial charge in [-0.25, -0.2) is 0 Å². The Hall–Kier alpha value is -2.20. The number of carbonyl (C=O) groups is 1. The summed E-state index contributed by atoms with van der Waals surface area (Å²) in [5.74, 6) is 0.0609. The molecule has 0 spiro atoms. The normalized spacial score (nSPS) is 16.8. The van der Waals surface area contributed by atoms with Crippen molar-refractivity contribution < 1.29 is 4.79 Å². The number of aromatic nitrogens is 1. The lowest BCUT2D eigenvalue weighted by molar-refractivity contribution is 0.0951. The number of hydrogen-bond acceptors (Lipinski definition) is 3. The van der Waals surface area contributed by atoms with Gasteiger partial charge in [0.2, 0.25) is 0 Å². The van der Waals surface area contributed by atoms with Crippen molar-refractivity contribution in [1.82, 2.24) is 15.2 Å². The quantitative estimate of drug-likeness (QED) is 0.806. The van der Waals surface area contributed by atoms with E-state index in [9.17, 15) is 4.79 Å². The Bertz CT molecular complexity index is 706. The number of pyridine rings is 1. The topological polar surface area (TPSA) is 45.2 Å². The van der Waals surface area contributed by atoms with E-state index in [2.05, 4.69) is 39.5 Å². The van der Waals surface area contributed by atoms with Crippen LogP contribution in [0.1, 0.15) is 47.2 Å². The van der Waals surface area contributed by atoms with Crippen molar-refractivity contribution in [3.63, 3.8) is 0 Å². The van der Waals surface area contributed by atoms with Crippen molar-refractivity contribution >= 4 is 5.91 Å². The molecule has 1 aromatic carbocycles. The van der Waals surface area contributed by atoms with Crippen LogP contribution in [0.5, 0.6) is 0 Å². The van der Waals surface area contributed by atoms with Gasteiger partial charge in [-0.2, -0.15) is 0 Å². The van der Waals surface area contributed by atoms with Gasteiger partial charge in [0.25, 0.3) is 5.91 Å². The molecule has 1 amide bonds. The van der Waals surface area contributed by atoms with Crippen LogP contribution in [-0.2, 0) is 13.0 Å². The van der Waals surface area contributed by atoms with Crippen LogP contribution >= 0.6 is 0 Å². The first kappa shape index (κ1) is 16.3. The van der Waals surface area contributed by atoms with Crippen molar-refractivity contribution in [2.24, 2.45) is 0 Å². The summed E-state index contributed by atoms with van der Waals surface area (Å²) in [6.07, 6.45) is 9.64. The Balaban J connectivity index is 1.34. The molecule has 4 rings (SSSR count). The van der Waals surface area contributed by atoms with Gasteiger partial charge in [-0.1, -0.05) is 12.1 Å². The fourth-order valence-electron chi connectivity index (χ4n) is 3.15. The first-order chi connectivity index (χ1) is 12.3. The maximum absolute atomic E-state index is 12.1. The first-order valence-corrected chi connectivity index (χ1v) is 9.31. The minimum Gasteiger partial charge on any atom is -0.349 e. The van der Waals surface area contributed by atoms with Crippen molar-refractivity contribution in [1.29, 1.82) is 0 Å². The van der Waals surface area contributed by atoms with Crippen LogP contribution in [0.3, 0.4) is 0 Å². The summed E-state index contributed by atoms with van der Waals surface area (Å²) >= 11 is 0. The van der Waals surface area contributed by atoms with Gasteiger partial charge in [-0.05, 0) is 67.5 Å². The van der Waals surface area contributed by atoms with Crippen LogP contribution in [-0.4, -0.2) is 34.4 Å². The lowest BCUT2D eigenvalue weighted by Gasteiger charge is -2.22. The predicted octanol–water partition coefficient (Wildman–Crippen LogP) is 3.18. The van der Waals surface area contributed by atoms with Crippen LogP contribution in [0.25, 0.3) is 0 Å². The molecule has 130 valence electrons. The molecule has 0 saturated heterocycles. The average molecular weight is 335 g/mol. The minimum absolute atomic E-state index is 0.0609. The summed E-state index contributed by atoms with van der Waals surface area (Å²) in [6, 6.07) is 13.4. The van der Waals surface area contributed by atoms with Crippen molar-refractivity contribution in [2.75, 3.05) is 6.54 Å². The second kappa shape index (κ2) is 7.36. The SMILES string of the molecule is O=C(NC1CC1)c1ccc(CN(CCc2ccncc2)C2CC2)cc1. The molecule has 4 nitrogen and oxygen atoms in total. The van der Waals surface area contributed by atoms with E-state index < -0.39 is 0 Å². The van der Waals surface area contributed by atoms with E-state index in [0.29, 0.717) is 6.04 Å². The van der Waals surface area contributed by atoms with Gasteiger partial charge in [-0.3, -0.25) is 14.7 Å². The second-order valence-electron chi connectivity index (χ2n) is 7.25. The zero-order chi connectivity index (χ0) is 17.1. The molecule has 1 heterocycles. The van der Waals surface area contributed by atoms with E-state index >= 15 is 0 Å². The molecule has 2 aliphatic carbocycles. The summed E-state index contributed by atoms with van der Waals surface area (Å²) < 4.78 is 0. The summed E-state index contributed by atoms with van der Waals surface area (Å²) in [4.78, 5) is 18.7.